The Labute approximate surface area is 98.5 Å². The number of halogens is 1. The summed E-state index contributed by atoms with van der Waals surface area (Å²) < 4.78 is 0.965. The van der Waals surface area contributed by atoms with Gasteiger partial charge in [0, 0.05) is 10.0 Å². The van der Waals surface area contributed by atoms with Crippen molar-refractivity contribution in [1.29, 1.82) is 0 Å². The highest BCUT2D eigenvalue weighted by Crippen LogP contribution is 2.11. The molecule has 0 spiro atoms. The largest absolute Gasteiger partial charge is 0.288 e. The quantitative estimate of drug-likeness (QED) is 0.596. The van der Waals surface area contributed by atoms with Crippen LogP contribution in [0.2, 0.25) is 0 Å². The predicted octanol–water partition coefficient (Wildman–Crippen LogP) is 3.50. The van der Waals surface area contributed by atoms with Crippen LogP contribution in [0.5, 0.6) is 0 Å². The van der Waals surface area contributed by atoms with E-state index in [9.17, 15) is 4.79 Å². The van der Waals surface area contributed by atoms with Crippen LogP contribution in [0.3, 0.4) is 0 Å². The Morgan fingerprint density at radius 2 is 1.80 bits per heavy atom. The number of rotatable bonds is 2. The molecule has 0 unspecified atom stereocenters. The number of carbonyl (C=O) groups is 1. The van der Waals surface area contributed by atoms with Crippen LogP contribution in [0, 0.1) is 0 Å². The summed E-state index contributed by atoms with van der Waals surface area (Å²) in [5, 5.41) is 0. The Balaban J connectivity index is 2.78. The first-order valence-corrected chi connectivity index (χ1v) is 5.53. The summed E-state index contributed by atoms with van der Waals surface area (Å²) in [7, 11) is 0. The number of nitrogens with zero attached hydrogens (tertiary/aromatic N) is 1. The molecule has 1 aromatic carbocycles. The number of benzene rings is 1. The SMILES string of the molecule is CC(C)(C)N=CC(=O)c1ccc(Br)cc1. The van der Waals surface area contributed by atoms with Crippen LogP contribution >= 0.6 is 15.9 Å². The van der Waals surface area contributed by atoms with Crippen molar-refractivity contribution in [2.75, 3.05) is 0 Å². The van der Waals surface area contributed by atoms with Crippen molar-refractivity contribution in [3.8, 4) is 0 Å². The first-order chi connectivity index (χ1) is 6.88. The Kier molecular flexibility index (Phi) is 3.80. The normalized spacial score (nSPS) is 12.0. The summed E-state index contributed by atoms with van der Waals surface area (Å²) in [5.41, 5.74) is 0.455. The number of hydrogen-bond acceptors (Lipinski definition) is 2. The fourth-order valence-electron chi connectivity index (χ4n) is 0.941. The Morgan fingerprint density at radius 1 is 1.27 bits per heavy atom. The van der Waals surface area contributed by atoms with Crippen molar-refractivity contribution < 1.29 is 4.79 Å². The van der Waals surface area contributed by atoms with E-state index >= 15 is 0 Å². The molecule has 3 heteroatoms. The lowest BCUT2D eigenvalue weighted by Gasteiger charge is -2.10. The van der Waals surface area contributed by atoms with Crippen molar-refractivity contribution in [2.45, 2.75) is 26.3 Å². The number of hydrogen-bond donors (Lipinski definition) is 0. The number of carbonyl (C=O) groups excluding carboxylic acids is 1. The smallest absolute Gasteiger partial charge is 0.203 e. The summed E-state index contributed by atoms with van der Waals surface area (Å²) in [6.07, 6.45) is 1.39. The van der Waals surface area contributed by atoms with E-state index < -0.39 is 0 Å². The van der Waals surface area contributed by atoms with Gasteiger partial charge in [0.1, 0.15) is 0 Å². The molecule has 0 saturated heterocycles. The molecule has 15 heavy (non-hydrogen) atoms. The molecule has 1 aromatic rings. The molecule has 0 aliphatic heterocycles. The highest BCUT2D eigenvalue weighted by atomic mass is 79.9. The fourth-order valence-corrected chi connectivity index (χ4v) is 1.21. The van der Waals surface area contributed by atoms with Gasteiger partial charge < -0.3 is 0 Å². The fraction of sp³-hybridized carbons (Fsp3) is 0.333. The van der Waals surface area contributed by atoms with Crippen LogP contribution in [0.15, 0.2) is 33.7 Å². The minimum atomic E-state index is -0.203. The zero-order valence-electron chi connectivity index (χ0n) is 9.12. The number of ketones is 1. The van der Waals surface area contributed by atoms with E-state index in [2.05, 4.69) is 20.9 Å². The minimum Gasteiger partial charge on any atom is -0.288 e. The van der Waals surface area contributed by atoms with E-state index in [4.69, 9.17) is 0 Å². The highest BCUT2D eigenvalue weighted by Gasteiger charge is 2.07. The molecule has 0 aliphatic rings. The maximum Gasteiger partial charge on any atom is 0.203 e. The maximum absolute atomic E-state index is 11.6. The van der Waals surface area contributed by atoms with Crippen molar-refractivity contribution >= 4 is 27.9 Å². The van der Waals surface area contributed by atoms with Gasteiger partial charge in [-0.15, -0.1) is 0 Å². The second kappa shape index (κ2) is 4.71. The van der Waals surface area contributed by atoms with Crippen molar-refractivity contribution in [2.24, 2.45) is 4.99 Å². The Hall–Kier alpha value is -0.960. The molecule has 80 valence electrons. The number of aliphatic imine (C=N–C) groups is 1. The predicted molar refractivity (Wildman–Crippen MR) is 66.7 cm³/mol. The molecule has 1 rings (SSSR count). The third-order valence-electron chi connectivity index (χ3n) is 1.70. The highest BCUT2D eigenvalue weighted by molar-refractivity contribution is 9.10. The maximum atomic E-state index is 11.6. The van der Waals surface area contributed by atoms with E-state index in [1.54, 1.807) is 12.1 Å². The van der Waals surface area contributed by atoms with Gasteiger partial charge in [-0.1, -0.05) is 15.9 Å². The second-order valence-corrected chi connectivity index (χ2v) is 5.22. The van der Waals surface area contributed by atoms with Gasteiger partial charge in [-0.2, -0.15) is 0 Å². The molecule has 2 nitrogen and oxygen atoms in total. The van der Waals surface area contributed by atoms with Crippen LogP contribution in [-0.2, 0) is 0 Å². The minimum absolute atomic E-state index is 0.0579. The lowest BCUT2D eigenvalue weighted by Crippen LogP contribution is -2.12. The Morgan fingerprint density at radius 3 is 2.27 bits per heavy atom. The summed E-state index contributed by atoms with van der Waals surface area (Å²) in [6.45, 7) is 5.87. The molecule has 0 aliphatic carbocycles. The molecule has 0 saturated carbocycles. The lowest BCUT2D eigenvalue weighted by atomic mass is 10.1. The van der Waals surface area contributed by atoms with E-state index in [-0.39, 0.29) is 11.3 Å². The molecule has 0 N–H and O–H groups in total. The van der Waals surface area contributed by atoms with Crippen molar-refractivity contribution in [1.82, 2.24) is 0 Å². The molecule has 0 heterocycles. The molecular weight excluding hydrogens is 254 g/mol. The summed E-state index contributed by atoms with van der Waals surface area (Å²) in [5.74, 6) is -0.0579. The number of Topliss-reactive ketones (excluding diaryl/α,β-unsaturated/α-hetero) is 1. The lowest BCUT2D eigenvalue weighted by molar-refractivity contribution is 0.107. The summed E-state index contributed by atoms with van der Waals surface area (Å²) in [4.78, 5) is 15.8. The van der Waals surface area contributed by atoms with Gasteiger partial charge in [-0.3, -0.25) is 9.79 Å². The van der Waals surface area contributed by atoms with E-state index in [0.29, 0.717) is 5.56 Å². The zero-order valence-corrected chi connectivity index (χ0v) is 10.7. The van der Waals surface area contributed by atoms with Gasteiger partial charge in [0.05, 0.1) is 11.8 Å². The topological polar surface area (TPSA) is 29.4 Å². The van der Waals surface area contributed by atoms with Gasteiger partial charge in [0.2, 0.25) is 5.78 Å². The van der Waals surface area contributed by atoms with Crippen molar-refractivity contribution in [3.05, 3.63) is 34.3 Å². The van der Waals surface area contributed by atoms with Gasteiger partial charge >= 0.3 is 0 Å². The van der Waals surface area contributed by atoms with E-state index in [1.165, 1.54) is 6.21 Å². The van der Waals surface area contributed by atoms with Crippen LogP contribution in [0.25, 0.3) is 0 Å². The van der Waals surface area contributed by atoms with Gasteiger partial charge in [-0.25, -0.2) is 0 Å². The van der Waals surface area contributed by atoms with E-state index in [1.807, 2.05) is 32.9 Å². The van der Waals surface area contributed by atoms with Crippen LogP contribution < -0.4 is 0 Å². The van der Waals surface area contributed by atoms with Crippen molar-refractivity contribution in [3.63, 3.8) is 0 Å². The standard InChI is InChI=1S/C12H14BrNO/c1-12(2,3)14-8-11(15)9-4-6-10(13)7-5-9/h4-8H,1-3H3. The van der Waals surface area contributed by atoms with Gasteiger partial charge in [0.25, 0.3) is 0 Å². The second-order valence-electron chi connectivity index (χ2n) is 4.30. The third-order valence-corrected chi connectivity index (χ3v) is 2.23. The molecule has 0 fully saturated rings. The van der Waals surface area contributed by atoms with Gasteiger partial charge in [-0.05, 0) is 45.0 Å². The average Bonchev–Trinajstić information content (AvgIpc) is 2.14. The van der Waals surface area contributed by atoms with E-state index in [0.717, 1.165) is 4.47 Å². The molecular formula is C12H14BrNO. The Bertz CT molecular complexity index is 374. The first-order valence-electron chi connectivity index (χ1n) is 4.73. The molecule has 0 radical (unpaired) electrons. The summed E-state index contributed by atoms with van der Waals surface area (Å²) in [6, 6.07) is 7.25. The molecule has 0 bridgehead atoms. The molecule has 0 aromatic heterocycles. The summed E-state index contributed by atoms with van der Waals surface area (Å²) >= 11 is 3.32. The van der Waals surface area contributed by atoms with Gasteiger partial charge in [0.15, 0.2) is 0 Å². The third kappa shape index (κ3) is 4.38. The van der Waals surface area contributed by atoms with Crippen LogP contribution in [0.4, 0.5) is 0 Å². The average molecular weight is 268 g/mol. The molecule has 0 atom stereocenters. The van der Waals surface area contributed by atoms with Crippen LogP contribution in [-0.4, -0.2) is 17.5 Å². The molecule has 0 amide bonds. The first kappa shape index (κ1) is 12.1. The van der Waals surface area contributed by atoms with Crippen LogP contribution in [0.1, 0.15) is 31.1 Å². The zero-order chi connectivity index (χ0) is 11.5. The monoisotopic (exact) mass is 267 g/mol.